The van der Waals surface area contributed by atoms with Crippen LogP contribution in [-0.4, -0.2) is 15.9 Å². The van der Waals surface area contributed by atoms with Crippen LogP contribution in [0.4, 0.5) is 0 Å². The van der Waals surface area contributed by atoms with Crippen LogP contribution in [0.5, 0.6) is 0 Å². The summed E-state index contributed by atoms with van der Waals surface area (Å²) < 4.78 is 0. The fourth-order valence-electron chi connectivity index (χ4n) is 2.13. The summed E-state index contributed by atoms with van der Waals surface area (Å²) in [4.78, 5) is 3.36. The maximum absolute atomic E-state index is 8.80. The van der Waals surface area contributed by atoms with Crippen LogP contribution in [0.2, 0.25) is 0 Å². The van der Waals surface area contributed by atoms with E-state index in [2.05, 4.69) is 22.3 Å². The van der Waals surface area contributed by atoms with Crippen LogP contribution in [0, 0.1) is 0 Å². The molecule has 84 valence electrons. The summed E-state index contributed by atoms with van der Waals surface area (Å²) in [6, 6.07) is 14.2. The van der Waals surface area contributed by atoms with Gasteiger partial charge in [-0.15, -0.1) is 0 Å². The van der Waals surface area contributed by atoms with Crippen LogP contribution < -0.4 is 0 Å². The number of H-pyrrole nitrogens is 1. The van der Waals surface area contributed by atoms with Gasteiger partial charge >= 0.3 is 0 Å². The monoisotopic (exact) mass is 224 g/mol. The Kier molecular flexibility index (Phi) is 2.11. The van der Waals surface area contributed by atoms with E-state index in [0.29, 0.717) is 5.71 Å². The number of hydrogen-bond acceptors (Lipinski definition) is 2. The number of nitrogens with zero attached hydrogens (tertiary/aromatic N) is 1. The first-order valence-corrected chi connectivity index (χ1v) is 5.49. The molecule has 0 aliphatic rings. The Morgan fingerprint density at radius 2 is 1.82 bits per heavy atom. The number of aromatic amines is 1. The fraction of sp³-hybridized carbons (Fsp3) is 0.0714. The van der Waals surface area contributed by atoms with Gasteiger partial charge in [-0.05, 0) is 30.7 Å². The van der Waals surface area contributed by atoms with Gasteiger partial charge in [0.15, 0.2) is 0 Å². The first-order chi connectivity index (χ1) is 8.29. The summed E-state index contributed by atoms with van der Waals surface area (Å²) in [6.07, 6.45) is 0. The van der Waals surface area contributed by atoms with E-state index in [0.717, 1.165) is 22.0 Å². The molecule has 1 heterocycles. The SMILES string of the molecule is C/C(=N\O)c1ccc2[nH]c3ccccc3c2c1. The Hall–Kier alpha value is -2.29. The third-order valence-corrected chi connectivity index (χ3v) is 3.07. The number of rotatable bonds is 1. The van der Waals surface area contributed by atoms with Gasteiger partial charge in [0.05, 0.1) is 5.71 Å². The second kappa shape index (κ2) is 3.63. The highest BCUT2D eigenvalue weighted by Crippen LogP contribution is 2.26. The van der Waals surface area contributed by atoms with E-state index >= 15 is 0 Å². The quantitative estimate of drug-likeness (QED) is 0.371. The molecule has 0 atom stereocenters. The molecule has 0 aliphatic heterocycles. The molecule has 0 spiro atoms. The Morgan fingerprint density at radius 1 is 1.06 bits per heavy atom. The van der Waals surface area contributed by atoms with Crippen molar-refractivity contribution >= 4 is 27.5 Å². The minimum absolute atomic E-state index is 0.622. The minimum Gasteiger partial charge on any atom is -0.411 e. The lowest BCUT2D eigenvalue weighted by atomic mass is 10.1. The fourth-order valence-corrected chi connectivity index (χ4v) is 2.13. The molecule has 2 N–H and O–H groups in total. The summed E-state index contributed by atoms with van der Waals surface area (Å²) in [5, 5.41) is 14.4. The highest BCUT2D eigenvalue weighted by atomic mass is 16.4. The molecule has 1 aromatic heterocycles. The third kappa shape index (κ3) is 1.47. The maximum Gasteiger partial charge on any atom is 0.0837 e. The average molecular weight is 224 g/mol. The molecular weight excluding hydrogens is 212 g/mol. The van der Waals surface area contributed by atoms with Gasteiger partial charge in [0.25, 0.3) is 0 Å². The predicted molar refractivity (Wildman–Crippen MR) is 69.8 cm³/mol. The number of aromatic nitrogens is 1. The molecule has 17 heavy (non-hydrogen) atoms. The van der Waals surface area contributed by atoms with Crippen molar-refractivity contribution in [1.82, 2.24) is 4.98 Å². The van der Waals surface area contributed by atoms with Crippen LogP contribution in [-0.2, 0) is 0 Å². The zero-order valence-electron chi connectivity index (χ0n) is 9.44. The maximum atomic E-state index is 8.80. The molecule has 0 radical (unpaired) electrons. The standard InChI is InChI=1S/C14H12N2O/c1-9(16-17)10-6-7-14-12(8-10)11-4-2-3-5-13(11)15-14/h2-8,15,17H,1H3/b16-9+. The summed E-state index contributed by atoms with van der Waals surface area (Å²) in [5.41, 5.74) is 3.78. The first kappa shape index (κ1) is 9.90. The molecule has 0 fully saturated rings. The Balaban J connectivity index is 2.37. The van der Waals surface area contributed by atoms with E-state index in [1.54, 1.807) is 6.92 Å². The van der Waals surface area contributed by atoms with E-state index in [1.807, 2.05) is 30.3 Å². The van der Waals surface area contributed by atoms with Crippen molar-refractivity contribution in [3.05, 3.63) is 48.0 Å². The van der Waals surface area contributed by atoms with Crippen molar-refractivity contribution in [1.29, 1.82) is 0 Å². The van der Waals surface area contributed by atoms with Crippen LogP contribution in [0.25, 0.3) is 21.8 Å². The van der Waals surface area contributed by atoms with Crippen molar-refractivity contribution in [2.24, 2.45) is 5.16 Å². The lowest BCUT2D eigenvalue weighted by Crippen LogP contribution is -1.93. The van der Waals surface area contributed by atoms with E-state index in [9.17, 15) is 0 Å². The summed E-state index contributed by atoms with van der Waals surface area (Å²) >= 11 is 0. The lowest BCUT2D eigenvalue weighted by Gasteiger charge is -1.98. The molecule has 0 unspecified atom stereocenters. The van der Waals surface area contributed by atoms with Crippen molar-refractivity contribution in [2.45, 2.75) is 6.92 Å². The van der Waals surface area contributed by atoms with Crippen molar-refractivity contribution in [3.63, 3.8) is 0 Å². The summed E-state index contributed by atoms with van der Waals surface area (Å²) in [7, 11) is 0. The van der Waals surface area contributed by atoms with Gasteiger partial charge in [0, 0.05) is 21.8 Å². The molecular formula is C14H12N2O. The normalized spacial score (nSPS) is 12.4. The number of para-hydroxylation sites is 1. The van der Waals surface area contributed by atoms with Gasteiger partial charge in [0.1, 0.15) is 0 Å². The van der Waals surface area contributed by atoms with Crippen LogP contribution in [0.1, 0.15) is 12.5 Å². The first-order valence-electron chi connectivity index (χ1n) is 5.49. The highest BCUT2D eigenvalue weighted by molar-refractivity contribution is 6.10. The molecule has 0 saturated heterocycles. The number of oxime groups is 1. The van der Waals surface area contributed by atoms with E-state index in [1.165, 1.54) is 5.39 Å². The smallest absolute Gasteiger partial charge is 0.0837 e. The van der Waals surface area contributed by atoms with Crippen molar-refractivity contribution in [3.8, 4) is 0 Å². The summed E-state index contributed by atoms with van der Waals surface area (Å²) in [5.74, 6) is 0. The van der Waals surface area contributed by atoms with Crippen molar-refractivity contribution in [2.75, 3.05) is 0 Å². The molecule has 3 rings (SSSR count). The van der Waals surface area contributed by atoms with E-state index < -0.39 is 0 Å². The number of nitrogens with one attached hydrogen (secondary N) is 1. The van der Waals surface area contributed by atoms with Crippen LogP contribution >= 0.6 is 0 Å². The zero-order chi connectivity index (χ0) is 11.8. The number of hydrogen-bond donors (Lipinski definition) is 2. The average Bonchev–Trinajstić information content (AvgIpc) is 2.75. The molecule has 3 aromatic rings. The Labute approximate surface area is 98.4 Å². The second-order valence-electron chi connectivity index (χ2n) is 4.12. The molecule has 0 amide bonds. The lowest BCUT2D eigenvalue weighted by molar-refractivity contribution is 0.319. The van der Waals surface area contributed by atoms with Gasteiger partial charge in [-0.1, -0.05) is 29.4 Å². The summed E-state index contributed by atoms with van der Waals surface area (Å²) in [6.45, 7) is 1.79. The Bertz CT molecular complexity index is 725. The largest absolute Gasteiger partial charge is 0.411 e. The van der Waals surface area contributed by atoms with Gasteiger partial charge in [-0.2, -0.15) is 0 Å². The van der Waals surface area contributed by atoms with Gasteiger partial charge in [0.2, 0.25) is 0 Å². The number of benzene rings is 2. The number of fused-ring (bicyclic) bond motifs is 3. The molecule has 2 aromatic carbocycles. The van der Waals surface area contributed by atoms with E-state index in [-0.39, 0.29) is 0 Å². The molecule has 0 bridgehead atoms. The Morgan fingerprint density at radius 3 is 2.65 bits per heavy atom. The third-order valence-electron chi connectivity index (χ3n) is 3.07. The molecule has 0 aliphatic carbocycles. The highest BCUT2D eigenvalue weighted by Gasteiger charge is 2.05. The molecule has 3 heteroatoms. The van der Waals surface area contributed by atoms with Gasteiger partial charge in [-0.3, -0.25) is 0 Å². The van der Waals surface area contributed by atoms with Crippen LogP contribution in [0.15, 0.2) is 47.6 Å². The zero-order valence-corrected chi connectivity index (χ0v) is 9.44. The van der Waals surface area contributed by atoms with Gasteiger partial charge < -0.3 is 10.2 Å². The van der Waals surface area contributed by atoms with Crippen molar-refractivity contribution < 1.29 is 5.21 Å². The topological polar surface area (TPSA) is 48.4 Å². The van der Waals surface area contributed by atoms with Crippen LogP contribution in [0.3, 0.4) is 0 Å². The van der Waals surface area contributed by atoms with Gasteiger partial charge in [-0.25, -0.2) is 0 Å². The second-order valence-corrected chi connectivity index (χ2v) is 4.12. The molecule has 0 saturated carbocycles. The minimum atomic E-state index is 0.622. The van der Waals surface area contributed by atoms with E-state index in [4.69, 9.17) is 5.21 Å². The molecule has 3 nitrogen and oxygen atoms in total. The predicted octanol–water partition coefficient (Wildman–Crippen LogP) is 3.52.